The average Bonchev–Trinajstić information content (AvgIpc) is 0.743. The summed E-state index contributed by atoms with van der Waals surface area (Å²) in [6.07, 6.45) is -94.2. The molecule has 60 nitrogen and oxygen atoms in total. The molecule has 8 rings (SSSR count). The summed E-state index contributed by atoms with van der Waals surface area (Å²) in [5, 5.41) is 355. The standard InChI is InChI=1S/C70H113N5O55/c1-18(86)71-35-21(89)4-67(63(108)109,125-53(35)40(97)25(93)8-76)123-29(12-80)44(101)55-36(72-19(2)87)22(90)6-69(127-55,65(112)113)129-57-43(100)28(11-79)118-61(48(57)105)122-52-39(73-20(3)88)60(117-27(10-78)42(52)99)121-51-32(15-83)119-62(120-50-31(14-82)116-59(107)47(104)46(50)103)49(106)58(51)130-70(66(114)115)7-24(92)38(75-34(96)17-85)56(128-70)45(102)30(13-81)124-68(64(110)111)5-23(91)37(74-33(95)16-84)54(126-68)41(98)26(94)9-77/h21-32,35-62,76-85,89-94,97-107H,4-17H2,1-3H3,(H,71,86)(H,72,87)(H,73,88)(H,74,95)(H,75,96)(H,108,109)(H,110,111)(H,112,113)(H,114,115)/t21-,22-,23-,24-,25+,26+,27+,28+,29+,30+,31+,32+,35+,36+,37+,38+,39+,40+,41+,42-,43-,44+,45+,46+,47+,48+,49+,50+,51-,52+,53+,54+,55+,56+,57-,58+,59+,60-,61-,62-,67+,68+,69-,70-/m0/s1. The van der Waals surface area contributed by atoms with Gasteiger partial charge in [0.15, 0.2) is 25.2 Å². The van der Waals surface area contributed by atoms with Crippen LogP contribution in [-0.4, -0.2) is 546 Å². The molecule has 5 amide bonds. The van der Waals surface area contributed by atoms with Crippen LogP contribution in [0, 0.1) is 0 Å². The number of aliphatic carboxylic acids is 4. The van der Waals surface area contributed by atoms with Crippen molar-refractivity contribution in [1.82, 2.24) is 26.6 Å². The van der Waals surface area contributed by atoms with Gasteiger partial charge in [-0.15, -0.1) is 0 Å². The second kappa shape index (κ2) is 45.9. The fraction of sp³-hybridized carbons (Fsp3) is 0.871. The third kappa shape index (κ3) is 23.6. The second-order valence-corrected chi connectivity index (χ2v) is 31.8. The molecule has 44 atom stereocenters. The van der Waals surface area contributed by atoms with Crippen molar-refractivity contribution in [2.24, 2.45) is 0 Å². The van der Waals surface area contributed by atoms with Gasteiger partial charge in [-0.2, -0.15) is 0 Å². The molecule has 748 valence electrons. The van der Waals surface area contributed by atoms with E-state index in [1.165, 1.54) is 0 Å². The van der Waals surface area contributed by atoms with Crippen molar-refractivity contribution < 1.29 is 273 Å². The van der Waals surface area contributed by atoms with Gasteiger partial charge in [0, 0.05) is 46.5 Å². The molecule has 0 unspecified atom stereocenters. The maximum Gasteiger partial charge on any atom is 0.364 e. The molecule has 8 saturated heterocycles. The number of aliphatic hydroxyl groups excluding tert-OH is 27. The summed E-state index contributed by atoms with van der Waals surface area (Å²) in [6.45, 7) is -12.1. The average molecular weight is 1900 g/mol. The molecule has 8 heterocycles. The van der Waals surface area contributed by atoms with Crippen LogP contribution in [0.3, 0.4) is 0 Å². The molecule has 36 N–H and O–H groups in total. The summed E-state index contributed by atoms with van der Waals surface area (Å²) < 4.78 is 87.3. The third-order valence-corrected chi connectivity index (χ3v) is 22.8. The Morgan fingerprint density at radius 3 is 1.00 bits per heavy atom. The predicted octanol–water partition coefficient (Wildman–Crippen LogP) is -23.0. The van der Waals surface area contributed by atoms with Crippen molar-refractivity contribution in [1.29, 1.82) is 0 Å². The van der Waals surface area contributed by atoms with Gasteiger partial charge in [0.2, 0.25) is 29.5 Å². The number of nitrogens with one attached hydrogen (secondary N) is 5. The van der Waals surface area contributed by atoms with E-state index in [1.54, 1.807) is 0 Å². The zero-order valence-electron chi connectivity index (χ0n) is 68.7. The molecule has 0 aromatic carbocycles. The molecule has 8 aliphatic rings. The number of hydrogen-bond donors (Lipinski definition) is 36. The van der Waals surface area contributed by atoms with E-state index in [1.807, 2.05) is 10.6 Å². The SMILES string of the molecule is CC(=O)N[C@H]1[C@H](O[C@@H]2[C@H](O[C@]3(C(=O)O)C[C@H](O)[C@@H](NC(=O)CO)[C@H]([C@H](O)[C@@H](CO)O[C@]4(C(=O)O)C[C@H](O)[C@@H](NC(=O)CO)[C@H]([C@H](O)[C@H](O)CO)O4)O3)[C@@H](O)[C@H](O[C@H]3[C@H](O)[C@@H](O)[C@H](O)O[C@@H]3CO)O[C@@H]2CO)O[C@H](CO)[C@H](O)[C@@H]1O[C@@H]1O[C@H](CO)[C@H](O)[C@H](O[C@]2(C(=O)O)C[C@H](O)[C@@H](NC(C)=O)[C@H]([C@H](O)[C@@H](CO)O[C@]3(C(=O)O)C[C@H](O)[C@@H](NC(C)=O)[C@H]([C@H](O)[C@H](O)CO)O3)O2)[C@H]1O. The van der Waals surface area contributed by atoms with Gasteiger partial charge in [-0.1, -0.05) is 0 Å². The van der Waals surface area contributed by atoms with Crippen molar-refractivity contribution in [3.8, 4) is 0 Å². The number of carbonyl (C=O) groups is 9. The van der Waals surface area contributed by atoms with Gasteiger partial charge in [-0.25, -0.2) is 19.2 Å². The van der Waals surface area contributed by atoms with Crippen molar-refractivity contribution in [3.63, 3.8) is 0 Å². The molecule has 0 bridgehead atoms. The quantitative estimate of drug-likeness (QED) is 0.0270. The van der Waals surface area contributed by atoms with Gasteiger partial charge in [0.25, 0.3) is 23.1 Å². The smallest absolute Gasteiger partial charge is 0.364 e. The number of carboxylic acids is 4. The fourth-order valence-corrected chi connectivity index (χ4v) is 16.3. The number of carboxylic acid groups (broad SMARTS) is 4. The van der Waals surface area contributed by atoms with Crippen LogP contribution in [0.2, 0.25) is 0 Å². The minimum atomic E-state index is -3.91. The zero-order valence-corrected chi connectivity index (χ0v) is 68.7. The number of hydrogen-bond acceptors (Lipinski definition) is 51. The molecule has 8 fully saturated rings. The molecule has 0 saturated carbocycles. The predicted molar refractivity (Wildman–Crippen MR) is 394 cm³/mol. The number of rotatable bonds is 41. The van der Waals surface area contributed by atoms with Crippen LogP contribution in [0.25, 0.3) is 0 Å². The van der Waals surface area contributed by atoms with Crippen LogP contribution in [0.1, 0.15) is 46.5 Å². The van der Waals surface area contributed by atoms with Gasteiger partial charge in [-0.05, 0) is 0 Å². The van der Waals surface area contributed by atoms with E-state index >= 15 is 0 Å². The Kier molecular flexibility index (Phi) is 38.5. The van der Waals surface area contributed by atoms with Crippen molar-refractivity contribution in [3.05, 3.63) is 0 Å². The summed E-state index contributed by atoms with van der Waals surface area (Å²) in [5.41, 5.74) is 0. The van der Waals surface area contributed by atoms with Gasteiger partial charge in [-0.3, -0.25) is 24.0 Å². The highest BCUT2D eigenvalue weighted by molar-refractivity contribution is 5.80. The normalized spacial score (nSPS) is 42.0. The number of aliphatic hydroxyl groups is 27. The number of amides is 5. The van der Waals surface area contributed by atoms with E-state index in [0.717, 1.165) is 20.8 Å². The van der Waals surface area contributed by atoms with Gasteiger partial charge >= 0.3 is 23.9 Å². The monoisotopic (exact) mass is 1900 g/mol. The minimum Gasteiger partial charge on any atom is -0.477 e. The fourth-order valence-electron chi connectivity index (χ4n) is 16.3. The molecule has 130 heavy (non-hydrogen) atoms. The molecule has 8 aliphatic heterocycles. The highest BCUT2D eigenvalue weighted by Crippen LogP contribution is 2.46. The van der Waals surface area contributed by atoms with Crippen LogP contribution in [0.4, 0.5) is 0 Å². The summed E-state index contributed by atoms with van der Waals surface area (Å²) in [4.78, 5) is 119. The Hall–Kier alpha value is -6.45. The highest BCUT2D eigenvalue weighted by atomic mass is 16.8. The van der Waals surface area contributed by atoms with E-state index in [2.05, 4.69) is 16.0 Å². The van der Waals surface area contributed by atoms with Gasteiger partial charge in [0.1, 0.15) is 184 Å². The third-order valence-electron chi connectivity index (χ3n) is 22.8. The van der Waals surface area contributed by atoms with Gasteiger partial charge < -0.3 is 256 Å². The van der Waals surface area contributed by atoms with Gasteiger partial charge in [0.05, 0.1) is 101 Å². The van der Waals surface area contributed by atoms with Crippen molar-refractivity contribution >= 4 is 53.4 Å². The number of carbonyl (C=O) groups excluding carboxylic acids is 5. The van der Waals surface area contributed by atoms with Crippen molar-refractivity contribution in [2.75, 3.05) is 66.1 Å². The summed E-state index contributed by atoms with van der Waals surface area (Å²) >= 11 is 0. The first-order valence-electron chi connectivity index (χ1n) is 40.0. The lowest BCUT2D eigenvalue weighted by Gasteiger charge is -2.53. The largest absolute Gasteiger partial charge is 0.477 e. The molecule has 0 spiro atoms. The maximum atomic E-state index is 14.3. The lowest BCUT2D eigenvalue weighted by Crippen LogP contribution is -2.73. The first-order valence-corrected chi connectivity index (χ1v) is 40.0. The van der Waals surface area contributed by atoms with Crippen molar-refractivity contribution in [2.45, 2.75) is 314 Å². The summed E-state index contributed by atoms with van der Waals surface area (Å²) in [6, 6.07) is -10.8. The lowest BCUT2D eigenvalue weighted by atomic mass is 9.87. The van der Waals surface area contributed by atoms with E-state index in [4.69, 9.17) is 71.1 Å². The molecular formula is C70H113N5O55. The van der Waals surface area contributed by atoms with E-state index in [0.29, 0.717) is 0 Å². The Morgan fingerprint density at radius 1 is 0.331 bits per heavy atom. The molecular weight excluding hydrogens is 1790 g/mol. The highest BCUT2D eigenvalue weighted by Gasteiger charge is 2.67. The zero-order chi connectivity index (χ0) is 97.3. The first-order chi connectivity index (χ1) is 61.0. The Balaban J connectivity index is 1.19. The van der Waals surface area contributed by atoms with Crippen LogP contribution < -0.4 is 26.6 Å². The van der Waals surface area contributed by atoms with Crippen LogP contribution >= 0.6 is 0 Å². The second-order valence-electron chi connectivity index (χ2n) is 31.8. The first kappa shape index (κ1) is 109. The Labute approximate surface area is 730 Å². The van der Waals surface area contributed by atoms with E-state index < -0.39 is 413 Å². The summed E-state index contributed by atoms with van der Waals surface area (Å²) in [7, 11) is 0. The van der Waals surface area contributed by atoms with Crippen LogP contribution in [-0.2, 0) is 114 Å². The number of ether oxygens (including phenoxy) is 15. The lowest BCUT2D eigenvalue weighted by molar-refractivity contribution is -0.405. The van der Waals surface area contributed by atoms with E-state index in [9.17, 15) is 201 Å². The maximum absolute atomic E-state index is 14.3. The molecule has 60 heteroatoms. The molecule has 0 aromatic rings. The molecule has 0 aliphatic carbocycles. The Bertz CT molecular complexity index is 3760. The Morgan fingerprint density at radius 2 is 0.638 bits per heavy atom. The van der Waals surface area contributed by atoms with Crippen LogP contribution in [0.5, 0.6) is 0 Å². The topological polar surface area (TPSA) is 979 Å². The van der Waals surface area contributed by atoms with E-state index in [-0.39, 0.29) is 0 Å². The summed E-state index contributed by atoms with van der Waals surface area (Å²) in [5.74, 6) is -30.3. The van der Waals surface area contributed by atoms with Crippen LogP contribution in [0.15, 0.2) is 0 Å². The molecule has 0 aromatic heterocycles. The molecule has 0 radical (unpaired) electrons. The minimum absolute atomic E-state index is 0.741.